The molecule has 0 aromatic rings. The second-order valence-corrected chi connectivity index (χ2v) is 18.5. The van der Waals surface area contributed by atoms with Crippen molar-refractivity contribution in [2.45, 2.75) is 108 Å². The van der Waals surface area contributed by atoms with Gasteiger partial charge >= 0.3 is 0 Å². The second-order valence-electron chi connectivity index (χ2n) is 15.9. The lowest BCUT2D eigenvalue weighted by atomic mass is 9.41. The van der Waals surface area contributed by atoms with Crippen LogP contribution in [-0.2, 0) is 56.7 Å². The van der Waals surface area contributed by atoms with E-state index < -0.39 is 29.3 Å². The molecule has 1 atom stereocenters. The minimum Gasteiger partial charge on any atom is -0.778 e. The van der Waals surface area contributed by atoms with Crippen LogP contribution in [0.25, 0.3) is 0 Å². The number of carbonyl (C=O) groups is 4. The van der Waals surface area contributed by atoms with Crippen molar-refractivity contribution in [2.24, 2.45) is 5.41 Å². The van der Waals surface area contributed by atoms with Crippen molar-refractivity contribution in [2.75, 3.05) is 92.4 Å². The molecule has 0 aliphatic heterocycles. The van der Waals surface area contributed by atoms with E-state index in [1.807, 2.05) is 0 Å². The van der Waals surface area contributed by atoms with Gasteiger partial charge in [0.1, 0.15) is 33.2 Å². The monoisotopic (exact) mass is 850 g/mol. The van der Waals surface area contributed by atoms with E-state index in [0.29, 0.717) is 52.7 Å². The topological polar surface area (TPSA) is 209 Å². The van der Waals surface area contributed by atoms with E-state index in [4.69, 9.17) is 52.2 Å². The van der Waals surface area contributed by atoms with Gasteiger partial charge in [0.15, 0.2) is 0 Å². The van der Waals surface area contributed by atoms with Gasteiger partial charge in [-0.05, 0) is 44.9 Å². The number of rotatable bonds is 35. The van der Waals surface area contributed by atoms with E-state index in [9.17, 15) is 28.6 Å². The van der Waals surface area contributed by atoms with Crippen LogP contribution in [-0.4, -0.2) is 132 Å². The fourth-order valence-electron chi connectivity index (χ4n) is 6.70. The van der Waals surface area contributed by atoms with Gasteiger partial charge in [0.25, 0.3) is 0 Å². The van der Waals surface area contributed by atoms with Crippen LogP contribution in [0.15, 0.2) is 0 Å². The third-order valence-electron chi connectivity index (χ3n) is 10.1. The first-order valence-electron chi connectivity index (χ1n) is 20.2. The van der Waals surface area contributed by atoms with Crippen molar-refractivity contribution in [1.29, 1.82) is 0 Å². The minimum absolute atomic E-state index is 0.0163. The molecule has 3 saturated carbocycles. The molecule has 0 aromatic heterocycles. The summed E-state index contributed by atoms with van der Waals surface area (Å²) in [6.45, 7) is 8.45. The second kappa shape index (κ2) is 26.8. The maximum atomic E-state index is 14.1. The summed E-state index contributed by atoms with van der Waals surface area (Å²) < 4.78 is 50.6. The van der Waals surface area contributed by atoms with Crippen molar-refractivity contribution in [1.82, 2.24) is 16.0 Å². The molecule has 2 bridgehead atoms. The number of terminal acetylenes is 3. The normalized spacial score (nSPS) is 19.1. The molecular formula is C42H65N3O13P-. The number of ketones is 1. The third-order valence-corrected chi connectivity index (χ3v) is 12.3. The van der Waals surface area contributed by atoms with Gasteiger partial charge in [0.05, 0.1) is 63.9 Å². The summed E-state index contributed by atoms with van der Waals surface area (Å²) in [5.41, 5.74) is -2.92. The van der Waals surface area contributed by atoms with Crippen molar-refractivity contribution >= 4 is 31.1 Å². The first-order valence-corrected chi connectivity index (χ1v) is 21.8. The summed E-state index contributed by atoms with van der Waals surface area (Å²) in [5, 5.41) is 7.71. The van der Waals surface area contributed by atoms with Gasteiger partial charge in [-0.2, -0.15) is 0 Å². The number of hydrogen-bond donors (Lipinski definition) is 3. The van der Waals surface area contributed by atoms with Crippen LogP contribution in [0.4, 0.5) is 0 Å². The molecule has 3 aliphatic carbocycles. The average molecular weight is 851 g/mol. The minimum atomic E-state index is -4.23. The van der Waals surface area contributed by atoms with Crippen LogP contribution in [0.3, 0.4) is 0 Å². The van der Waals surface area contributed by atoms with Gasteiger partial charge in [-0.15, -0.1) is 19.3 Å². The maximum Gasteiger partial charge on any atom is 0.226 e. The van der Waals surface area contributed by atoms with E-state index in [-0.39, 0.29) is 134 Å². The number of carbonyl (C=O) groups excluding carboxylic acids is 4. The zero-order chi connectivity index (χ0) is 43.7. The van der Waals surface area contributed by atoms with Crippen molar-refractivity contribution in [3.63, 3.8) is 0 Å². The Balaban J connectivity index is 2.14. The van der Waals surface area contributed by atoms with Gasteiger partial charge in [0, 0.05) is 56.1 Å². The first kappa shape index (κ1) is 51.8. The first-order chi connectivity index (χ1) is 28.1. The molecular weight excluding hydrogens is 785 g/mol. The van der Waals surface area contributed by atoms with Gasteiger partial charge < -0.3 is 58.4 Å². The number of Topliss-reactive ketones (excluding diaryl/α,β-unsaturated/α-hetero) is 1. The highest BCUT2D eigenvalue weighted by molar-refractivity contribution is 7.53. The Kier molecular flexibility index (Phi) is 23.5. The molecule has 3 rings (SSSR count). The molecule has 17 heteroatoms. The molecule has 3 aliphatic rings. The Morgan fingerprint density at radius 1 is 0.644 bits per heavy atom. The number of nitrogens with one attached hydrogen (secondary N) is 3. The van der Waals surface area contributed by atoms with E-state index >= 15 is 0 Å². The summed E-state index contributed by atoms with van der Waals surface area (Å²) in [5.74, 6) is 6.12. The Morgan fingerprint density at radius 2 is 1.07 bits per heavy atom. The van der Waals surface area contributed by atoms with Crippen LogP contribution in [0.2, 0.25) is 0 Å². The third kappa shape index (κ3) is 19.3. The lowest BCUT2D eigenvalue weighted by Gasteiger charge is -2.70. The highest BCUT2D eigenvalue weighted by atomic mass is 31.2. The standard InChI is InChI=1S/C42H66N3O13P/c1-7-20-52-26-29-55-23-10-11-35(46)12-15-41(16-13-36(47)43-18-24-56-30-27-53-21-8-2,17-14-37(48)44-19-25-57-31-28-54-22-9-3)45-38(49)40-32-42(33-40,34-40)58-59(50,51)39(4,5)6/h1-3H,10-34H2,4-6H3,(H,43,47)(H,44,48)(H,45,49)(H,50,51)/p-1. The van der Waals surface area contributed by atoms with Gasteiger partial charge in [0.2, 0.25) is 17.7 Å². The molecule has 1 unspecified atom stereocenters. The van der Waals surface area contributed by atoms with E-state index in [1.165, 1.54) is 0 Å². The van der Waals surface area contributed by atoms with E-state index in [1.54, 1.807) is 20.8 Å². The smallest absolute Gasteiger partial charge is 0.226 e. The number of amides is 3. The van der Waals surface area contributed by atoms with Crippen LogP contribution in [0, 0.1) is 42.4 Å². The highest BCUT2D eigenvalue weighted by Crippen LogP contribution is 2.74. The predicted octanol–water partition coefficient (Wildman–Crippen LogP) is 2.05. The molecule has 0 heterocycles. The van der Waals surface area contributed by atoms with Gasteiger partial charge in [-0.3, -0.25) is 19.2 Å². The van der Waals surface area contributed by atoms with Crippen molar-refractivity contribution in [3.05, 3.63) is 0 Å². The molecule has 3 amide bonds. The van der Waals surface area contributed by atoms with Gasteiger partial charge in [-0.1, -0.05) is 38.5 Å². The van der Waals surface area contributed by atoms with Crippen LogP contribution >= 0.6 is 7.60 Å². The number of ether oxygens (including phenoxy) is 6. The molecule has 59 heavy (non-hydrogen) atoms. The number of hydrogen-bond acceptors (Lipinski definition) is 13. The summed E-state index contributed by atoms with van der Waals surface area (Å²) in [6, 6.07) is 0. The molecule has 3 fully saturated rings. The van der Waals surface area contributed by atoms with E-state index in [0.717, 1.165) is 0 Å². The summed E-state index contributed by atoms with van der Waals surface area (Å²) in [4.78, 5) is 66.5. The zero-order valence-electron chi connectivity index (χ0n) is 35.2. The van der Waals surface area contributed by atoms with Crippen LogP contribution in [0.5, 0.6) is 0 Å². The molecule has 3 N–H and O–H groups in total. The molecule has 0 aromatic carbocycles. The lowest BCUT2D eigenvalue weighted by molar-refractivity contribution is -0.276. The maximum absolute atomic E-state index is 14.1. The Labute approximate surface area is 350 Å². The summed E-state index contributed by atoms with van der Waals surface area (Å²) in [6.07, 6.45) is 17.3. The molecule has 16 nitrogen and oxygen atoms in total. The quantitative estimate of drug-likeness (QED) is 0.0475. The lowest BCUT2D eigenvalue weighted by Crippen LogP contribution is -2.74. The van der Waals surface area contributed by atoms with E-state index in [2.05, 4.69) is 33.7 Å². The highest BCUT2D eigenvalue weighted by Gasteiger charge is 2.74. The summed E-state index contributed by atoms with van der Waals surface area (Å²) in [7, 11) is -4.23. The SMILES string of the molecule is C#CCOCCOCCCC(=O)CCC(CCC(=O)NCCOCCOCC#C)(CCC(=O)NCCOCCOCC#C)NC(=O)C12CC(OP(=O)([O-])C(C)(C)C)(C1)C2. The molecule has 332 valence electrons. The summed E-state index contributed by atoms with van der Waals surface area (Å²) >= 11 is 0. The molecule has 0 spiro atoms. The largest absolute Gasteiger partial charge is 0.778 e. The Bertz CT molecular complexity index is 1380. The van der Waals surface area contributed by atoms with Gasteiger partial charge in [-0.25, -0.2) is 0 Å². The predicted molar refractivity (Wildman–Crippen MR) is 218 cm³/mol. The van der Waals surface area contributed by atoms with Crippen molar-refractivity contribution < 1.29 is 61.6 Å². The Morgan fingerprint density at radius 3 is 1.51 bits per heavy atom. The van der Waals surface area contributed by atoms with Crippen molar-refractivity contribution in [3.8, 4) is 37.0 Å². The fourth-order valence-corrected chi connectivity index (χ4v) is 7.67. The van der Waals surface area contributed by atoms with Crippen LogP contribution in [0.1, 0.15) is 91.4 Å². The molecule has 0 saturated heterocycles. The Hall–Kier alpha value is -3.33. The zero-order valence-corrected chi connectivity index (χ0v) is 36.1. The molecule has 0 radical (unpaired) electrons. The average Bonchev–Trinajstić information content (AvgIpc) is 3.15. The fraction of sp³-hybridized carbons (Fsp3) is 0.762. The van der Waals surface area contributed by atoms with Crippen LogP contribution < -0.4 is 20.8 Å².